The van der Waals surface area contributed by atoms with Crippen LogP contribution in [0.2, 0.25) is 0 Å². The first-order chi connectivity index (χ1) is 8.86. The molecule has 110 valence electrons. The standard InChI is InChI=1S/C16H30N2O/c1-6-12-18(13-7-2)15(19)9-8-14(10-11-17)16(3,4)5/h1,14H,7-13,17H2,2-5H3. The van der Waals surface area contributed by atoms with Crippen LogP contribution in [-0.2, 0) is 4.79 Å². The van der Waals surface area contributed by atoms with Gasteiger partial charge in [-0.05, 0) is 37.1 Å². The van der Waals surface area contributed by atoms with Gasteiger partial charge in [0.2, 0.25) is 5.91 Å². The van der Waals surface area contributed by atoms with Crippen molar-refractivity contribution in [2.45, 2.75) is 53.4 Å². The molecule has 0 fully saturated rings. The summed E-state index contributed by atoms with van der Waals surface area (Å²) >= 11 is 0. The lowest BCUT2D eigenvalue weighted by molar-refractivity contribution is -0.131. The predicted octanol–water partition coefficient (Wildman–Crippen LogP) is 2.65. The molecule has 0 radical (unpaired) electrons. The maximum Gasteiger partial charge on any atom is 0.223 e. The van der Waals surface area contributed by atoms with Crippen molar-refractivity contribution < 1.29 is 4.79 Å². The minimum absolute atomic E-state index is 0.172. The van der Waals surface area contributed by atoms with Gasteiger partial charge in [0.1, 0.15) is 0 Å². The van der Waals surface area contributed by atoms with Crippen molar-refractivity contribution in [3.05, 3.63) is 0 Å². The van der Waals surface area contributed by atoms with Crippen LogP contribution in [0.25, 0.3) is 0 Å². The number of terminal acetylenes is 1. The predicted molar refractivity (Wildman–Crippen MR) is 81.6 cm³/mol. The summed E-state index contributed by atoms with van der Waals surface area (Å²) in [7, 11) is 0. The summed E-state index contributed by atoms with van der Waals surface area (Å²) in [5, 5.41) is 0. The van der Waals surface area contributed by atoms with Gasteiger partial charge in [-0.3, -0.25) is 4.79 Å². The Labute approximate surface area is 118 Å². The third kappa shape index (κ3) is 7.22. The van der Waals surface area contributed by atoms with E-state index in [1.807, 2.05) is 0 Å². The third-order valence-corrected chi connectivity index (χ3v) is 3.57. The monoisotopic (exact) mass is 266 g/mol. The number of nitrogens with two attached hydrogens (primary N) is 1. The van der Waals surface area contributed by atoms with Gasteiger partial charge in [0.15, 0.2) is 0 Å². The molecular weight excluding hydrogens is 236 g/mol. The lowest BCUT2D eigenvalue weighted by Crippen LogP contribution is -2.33. The minimum Gasteiger partial charge on any atom is -0.332 e. The van der Waals surface area contributed by atoms with E-state index < -0.39 is 0 Å². The largest absolute Gasteiger partial charge is 0.332 e. The third-order valence-electron chi connectivity index (χ3n) is 3.57. The molecule has 0 aromatic carbocycles. The summed E-state index contributed by atoms with van der Waals surface area (Å²) < 4.78 is 0. The molecule has 3 nitrogen and oxygen atoms in total. The molecule has 0 aliphatic heterocycles. The molecule has 0 heterocycles. The van der Waals surface area contributed by atoms with Gasteiger partial charge in [-0.2, -0.15) is 0 Å². The number of rotatable bonds is 8. The number of carbonyl (C=O) groups is 1. The first-order valence-corrected chi connectivity index (χ1v) is 7.28. The molecule has 2 N–H and O–H groups in total. The van der Waals surface area contributed by atoms with Gasteiger partial charge in [0.25, 0.3) is 0 Å². The van der Waals surface area contributed by atoms with Crippen molar-refractivity contribution in [3.63, 3.8) is 0 Å². The van der Waals surface area contributed by atoms with Gasteiger partial charge in [0.05, 0.1) is 6.54 Å². The second kappa shape index (κ2) is 8.98. The number of nitrogens with zero attached hydrogens (tertiary/aromatic N) is 1. The van der Waals surface area contributed by atoms with E-state index in [-0.39, 0.29) is 11.3 Å². The minimum atomic E-state index is 0.172. The highest BCUT2D eigenvalue weighted by molar-refractivity contribution is 5.76. The zero-order valence-corrected chi connectivity index (χ0v) is 13.0. The normalized spacial score (nSPS) is 12.8. The maximum absolute atomic E-state index is 12.2. The van der Waals surface area contributed by atoms with E-state index in [2.05, 4.69) is 33.6 Å². The number of hydrogen-bond donors (Lipinski definition) is 1. The van der Waals surface area contributed by atoms with Gasteiger partial charge in [-0.25, -0.2) is 0 Å². The Kier molecular flexibility index (Phi) is 8.51. The maximum atomic E-state index is 12.2. The molecule has 0 saturated carbocycles. The SMILES string of the molecule is C#CCN(CCC)C(=O)CCC(CCN)C(C)(C)C. The van der Waals surface area contributed by atoms with Gasteiger partial charge < -0.3 is 10.6 Å². The summed E-state index contributed by atoms with van der Waals surface area (Å²) in [6.45, 7) is 10.5. The molecule has 0 aliphatic rings. The summed E-state index contributed by atoms with van der Waals surface area (Å²) in [6, 6.07) is 0. The average molecular weight is 266 g/mol. The molecule has 0 saturated heterocycles. The van der Waals surface area contributed by atoms with Crippen LogP contribution in [0.15, 0.2) is 0 Å². The van der Waals surface area contributed by atoms with Gasteiger partial charge >= 0.3 is 0 Å². The summed E-state index contributed by atoms with van der Waals surface area (Å²) in [5.74, 6) is 3.22. The summed E-state index contributed by atoms with van der Waals surface area (Å²) in [6.07, 6.45) is 8.69. The molecule has 0 bridgehead atoms. The molecule has 0 aliphatic carbocycles. The summed E-state index contributed by atoms with van der Waals surface area (Å²) in [5.41, 5.74) is 5.86. The Bertz CT molecular complexity index is 299. The highest BCUT2D eigenvalue weighted by atomic mass is 16.2. The van der Waals surface area contributed by atoms with Crippen LogP contribution in [0, 0.1) is 23.7 Å². The molecule has 0 aromatic rings. The number of carbonyl (C=O) groups excluding carboxylic acids is 1. The van der Waals surface area contributed by atoms with E-state index in [0.717, 1.165) is 25.8 Å². The van der Waals surface area contributed by atoms with E-state index in [0.29, 0.717) is 25.4 Å². The van der Waals surface area contributed by atoms with Gasteiger partial charge in [0, 0.05) is 13.0 Å². The summed E-state index contributed by atoms with van der Waals surface area (Å²) in [4.78, 5) is 13.9. The zero-order valence-electron chi connectivity index (χ0n) is 13.0. The van der Waals surface area contributed by atoms with Crippen molar-refractivity contribution in [1.82, 2.24) is 4.90 Å². The van der Waals surface area contributed by atoms with E-state index >= 15 is 0 Å². The van der Waals surface area contributed by atoms with Crippen LogP contribution >= 0.6 is 0 Å². The average Bonchev–Trinajstić information content (AvgIpc) is 2.32. The Morgan fingerprint density at radius 1 is 1.37 bits per heavy atom. The van der Waals surface area contributed by atoms with E-state index in [1.54, 1.807) is 4.90 Å². The van der Waals surface area contributed by atoms with Crippen LogP contribution in [0.5, 0.6) is 0 Å². The fourth-order valence-electron chi connectivity index (χ4n) is 2.34. The van der Waals surface area contributed by atoms with Crippen molar-refractivity contribution in [2.24, 2.45) is 17.1 Å². The van der Waals surface area contributed by atoms with Gasteiger partial charge in [-0.1, -0.05) is 33.6 Å². The molecule has 1 atom stereocenters. The highest BCUT2D eigenvalue weighted by Crippen LogP contribution is 2.32. The Morgan fingerprint density at radius 3 is 2.42 bits per heavy atom. The molecule has 19 heavy (non-hydrogen) atoms. The molecule has 0 spiro atoms. The Morgan fingerprint density at radius 2 is 2.00 bits per heavy atom. The van der Waals surface area contributed by atoms with Crippen LogP contribution in [0.4, 0.5) is 0 Å². The van der Waals surface area contributed by atoms with E-state index in [1.165, 1.54) is 0 Å². The zero-order chi connectivity index (χ0) is 14.9. The van der Waals surface area contributed by atoms with Crippen LogP contribution in [-0.4, -0.2) is 30.4 Å². The lowest BCUT2D eigenvalue weighted by atomic mass is 9.76. The van der Waals surface area contributed by atoms with Gasteiger partial charge in [-0.15, -0.1) is 6.42 Å². The van der Waals surface area contributed by atoms with Crippen molar-refractivity contribution in [1.29, 1.82) is 0 Å². The number of amides is 1. The van der Waals surface area contributed by atoms with Crippen molar-refractivity contribution in [2.75, 3.05) is 19.6 Å². The molecule has 0 aromatic heterocycles. The van der Waals surface area contributed by atoms with Crippen molar-refractivity contribution in [3.8, 4) is 12.3 Å². The fourth-order valence-corrected chi connectivity index (χ4v) is 2.34. The second-order valence-electron chi connectivity index (χ2n) is 6.20. The van der Waals surface area contributed by atoms with Crippen LogP contribution < -0.4 is 5.73 Å². The Hall–Kier alpha value is -1.01. The van der Waals surface area contributed by atoms with Crippen LogP contribution in [0.3, 0.4) is 0 Å². The lowest BCUT2D eigenvalue weighted by Gasteiger charge is -2.31. The smallest absolute Gasteiger partial charge is 0.223 e. The molecule has 1 unspecified atom stereocenters. The van der Waals surface area contributed by atoms with E-state index in [9.17, 15) is 4.79 Å². The van der Waals surface area contributed by atoms with Crippen LogP contribution in [0.1, 0.15) is 53.4 Å². The van der Waals surface area contributed by atoms with Crippen molar-refractivity contribution >= 4 is 5.91 Å². The van der Waals surface area contributed by atoms with E-state index in [4.69, 9.17) is 12.2 Å². The first-order valence-electron chi connectivity index (χ1n) is 7.28. The Balaban J connectivity index is 4.41. The fraction of sp³-hybridized carbons (Fsp3) is 0.812. The topological polar surface area (TPSA) is 46.3 Å². The molecule has 1 amide bonds. The first kappa shape index (κ1) is 18.0. The second-order valence-corrected chi connectivity index (χ2v) is 6.20. The highest BCUT2D eigenvalue weighted by Gasteiger charge is 2.25. The number of hydrogen-bond acceptors (Lipinski definition) is 2. The molecular formula is C16H30N2O. The molecule has 0 rings (SSSR count). The quantitative estimate of drug-likeness (QED) is 0.687. The molecule has 3 heteroatoms.